The minimum Gasteiger partial charge on any atom is -0.454 e. The van der Waals surface area contributed by atoms with Gasteiger partial charge in [-0.3, -0.25) is 4.79 Å². The summed E-state index contributed by atoms with van der Waals surface area (Å²) >= 11 is 0. The van der Waals surface area contributed by atoms with Gasteiger partial charge >= 0.3 is 5.97 Å². The Morgan fingerprint density at radius 1 is 1.40 bits per heavy atom. The van der Waals surface area contributed by atoms with Crippen LogP contribution in [0, 0.1) is 13.8 Å². The molecule has 1 fully saturated rings. The second-order valence-corrected chi connectivity index (χ2v) is 4.91. The molecule has 0 radical (unpaired) electrons. The van der Waals surface area contributed by atoms with Crippen LogP contribution in [0.1, 0.15) is 24.0 Å². The summed E-state index contributed by atoms with van der Waals surface area (Å²) in [7, 11) is 0. The van der Waals surface area contributed by atoms with Crippen LogP contribution in [-0.4, -0.2) is 31.2 Å². The zero-order chi connectivity index (χ0) is 14.5. The summed E-state index contributed by atoms with van der Waals surface area (Å²) in [6, 6.07) is 5.67. The first kappa shape index (κ1) is 14.5. The maximum absolute atomic E-state index is 11.8. The van der Waals surface area contributed by atoms with E-state index in [0.29, 0.717) is 13.0 Å². The van der Waals surface area contributed by atoms with Crippen LogP contribution in [-0.2, 0) is 19.1 Å². The van der Waals surface area contributed by atoms with Gasteiger partial charge in [-0.25, -0.2) is 4.79 Å². The number of amides is 1. The Bertz CT molecular complexity index is 507. The summed E-state index contributed by atoms with van der Waals surface area (Å²) in [5, 5.41) is 2.74. The smallest absolute Gasteiger partial charge is 0.335 e. The number of nitrogens with one attached hydrogen (secondary N) is 1. The second kappa shape index (κ2) is 6.52. The van der Waals surface area contributed by atoms with Crippen molar-refractivity contribution in [1.29, 1.82) is 0 Å². The van der Waals surface area contributed by atoms with E-state index in [1.165, 1.54) is 0 Å². The summed E-state index contributed by atoms with van der Waals surface area (Å²) in [5.74, 6) is -0.802. The third-order valence-electron chi connectivity index (χ3n) is 3.42. The largest absolute Gasteiger partial charge is 0.454 e. The molecule has 1 atom stereocenters. The molecule has 1 heterocycles. The molecule has 1 aliphatic heterocycles. The molecule has 108 valence electrons. The van der Waals surface area contributed by atoms with E-state index in [1.54, 1.807) is 0 Å². The summed E-state index contributed by atoms with van der Waals surface area (Å²) in [5.41, 5.74) is 2.84. The van der Waals surface area contributed by atoms with Gasteiger partial charge in [-0.1, -0.05) is 12.1 Å². The number of hydrogen-bond acceptors (Lipinski definition) is 4. The molecular weight excluding hydrogens is 258 g/mol. The molecule has 1 aliphatic rings. The Balaban J connectivity index is 1.83. The molecule has 0 aliphatic carbocycles. The number of hydrogen-bond donors (Lipinski definition) is 1. The molecule has 0 saturated carbocycles. The topological polar surface area (TPSA) is 64.6 Å². The lowest BCUT2D eigenvalue weighted by atomic mass is 10.1. The van der Waals surface area contributed by atoms with E-state index in [0.717, 1.165) is 23.2 Å². The highest BCUT2D eigenvalue weighted by molar-refractivity contribution is 5.93. The van der Waals surface area contributed by atoms with E-state index in [-0.39, 0.29) is 12.5 Å². The van der Waals surface area contributed by atoms with Crippen LogP contribution >= 0.6 is 0 Å². The van der Waals surface area contributed by atoms with Gasteiger partial charge in [0.1, 0.15) is 0 Å². The predicted molar refractivity (Wildman–Crippen MR) is 74.5 cm³/mol. The fourth-order valence-corrected chi connectivity index (χ4v) is 2.07. The minimum atomic E-state index is -0.511. The summed E-state index contributed by atoms with van der Waals surface area (Å²) in [6.45, 7) is 4.20. The van der Waals surface area contributed by atoms with E-state index < -0.39 is 12.1 Å². The van der Waals surface area contributed by atoms with Crippen LogP contribution in [0.25, 0.3) is 0 Å². The molecule has 0 aromatic heterocycles. The van der Waals surface area contributed by atoms with Crippen molar-refractivity contribution in [1.82, 2.24) is 0 Å². The molecule has 5 nitrogen and oxygen atoms in total. The third kappa shape index (κ3) is 3.57. The van der Waals surface area contributed by atoms with Gasteiger partial charge in [0.25, 0.3) is 5.91 Å². The van der Waals surface area contributed by atoms with E-state index in [1.807, 2.05) is 32.0 Å². The molecule has 5 heteroatoms. The van der Waals surface area contributed by atoms with Gasteiger partial charge in [-0.15, -0.1) is 0 Å². The average Bonchev–Trinajstić information content (AvgIpc) is 2.95. The molecule has 20 heavy (non-hydrogen) atoms. The van der Waals surface area contributed by atoms with Crippen molar-refractivity contribution < 1.29 is 19.1 Å². The average molecular weight is 277 g/mol. The lowest BCUT2D eigenvalue weighted by Gasteiger charge is -2.12. The van der Waals surface area contributed by atoms with Gasteiger partial charge in [0.05, 0.1) is 0 Å². The molecule has 1 amide bonds. The van der Waals surface area contributed by atoms with Crippen molar-refractivity contribution in [2.75, 3.05) is 18.5 Å². The highest BCUT2D eigenvalue weighted by Gasteiger charge is 2.25. The Kier molecular flexibility index (Phi) is 4.74. The first-order chi connectivity index (χ1) is 9.58. The fourth-order valence-electron chi connectivity index (χ4n) is 2.07. The van der Waals surface area contributed by atoms with Crippen molar-refractivity contribution in [3.8, 4) is 0 Å². The molecule has 1 aromatic carbocycles. The number of ether oxygens (including phenoxy) is 2. The Morgan fingerprint density at radius 3 is 2.90 bits per heavy atom. The van der Waals surface area contributed by atoms with Crippen LogP contribution in [0.2, 0.25) is 0 Å². The molecule has 1 saturated heterocycles. The fraction of sp³-hybridized carbons (Fsp3) is 0.467. The van der Waals surface area contributed by atoms with Gasteiger partial charge in [0.15, 0.2) is 12.7 Å². The SMILES string of the molecule is Cc1cccc(NC(=O)COC(=O)[C@H]2CCCO2)c1C. The minimum absolute atomic E-state index is 0.286. The van der Waals surface area contributed by atoms with E-state index in [9.17, 15) is 9.59 Å². The quantitative estimate of drug-likeness (QED) is 0.854. The molecule has 0 unspecified atom stereocenters. The van der Waals surface area contributed by atoms with Crippen molar-refractivity contribution >= 4 is 17.6 Å². The van der Waals surface area contributed by atoms with E-state index >= 15 is 0 Å². The number of esters is 1. The zero-order valence-electron chi connectivity index (χ0n) is 11.8. The monoisotopic (exact) mass is 277 g/mol. The second-order valence-electron chi connectivity index (χ2n) is 4.91. The number of carbonyl (C=O) groups excluding carboxylic acids is 2. The van der Waals surface area contributed by atoms with Crippen molar-refractivity contribution in [3.05, 3.63) is 29.3 Å². The molecule has 1 aromatic rings. The van der Waals surface area contributed by atoms with Crippen LogP contribution in [0.3, 0.4) is 0 Å². The zero-order valence-corrected chi connectivity index (χ0v) is 11.8. The van der Waals surface area contributed by atoms with Crippen LogP contribution in [0.4, 0.5) is 5.69 Å². The number of anilines is 1. The van der Waals surface area contributed by atoms with Gasteiger partial charge in [0.2, 0.25) is 0 Å². The normalized spacial score (nSPS) is 17.8. The van der Waals surface area contributed by atoms with Gasteiger partial charge < -0.3 is 14.8 Å². The van der Waals surface area contributed by atoms with Crippen molar-refractivity contribution in [3.63, 3.8) is 0 Å². The maximum atomic E-state index is 11.8. The van der Waals surface area contributed by atoms with E-state index in [4.69, 9.17) is 9.47 Å². The van der Waals surface area contributed by atoms with Crippen molar-refractivity contribution in [2.45, 2.75) is 32.8 Å². The van der Waals surface area contributed by atoms with Gasteiger partial charge in [-0.05, 0) is 43.9 Å². The molecule has 0 spiro atoms. The Labute approximate surface area is 118 Å². The number of carbonyl (C=O) groups is 2. The van der Waals surface area contributed by atoms with Crippen molar-refractivity contribution in [2.24, 2.45) is 0 Å². The molecular formula is C15H19NO4. The highest BCUT2D eigenvalue weighted by Crippen LogP contribution is 2.18. The predicted octanol–water partition coefficient (Wildman–Crippen LogP) is 1.96. The highest BCUT2D eigenvalue weighted by atomic mass is 16.6. The Hall–Kier alpha value is -1.88. The lowest BCUT2D eigenvalue weighted by Crippen LogP contribution is -2.27. The van der Waals surface area contributed by atoms with Gasteiger partial charge in [0, 0.05) is 12.3 Å². The molecule has 0 bridgehead atoms. The number of rotatable bonds is 4. The third-order valence-corrected chi connectivity index (χ3v) is 3.42. The van der Waals surface area contributed by atoms with Crippen LogP contribution in [0.15, 0.2) is 18.2 Å². The molecule has 1 N–H and O–H groups in total. The van der Waals surface area contributed by atoms with Crippen LogP contribution < -0.4 is 5.32 Å². The Morgan fingerprint density at radius 2 is 2.20 bits per heavy atom. The van der Waals surface area contributed by atoms with Gasteiger partial charge in [-0.2, -0.15) is 0 Å². The first-order valence-corrected chi connectivity index (χ1v) is 6.72. The molecule has 2 rings (SSSR count). The number of benzene rings is 1. The lowest BCUT2D eigenvalue weighted by molar-refractivity contribution is -0.156. The summed E-state index contributed by atoms with van der Waals surface area (Å²) < 4.78 is 10.1. The summed E-state index contributed by atoms with van der Waals surface area (Å²) in [6.07, 6.45) is 1.01. The van der Waals surface area contributed by atoms with Crippen LogP contribution in [0.5, 0.6) is 0 Å². The first-order valence-electron chi connectivity index (χ1n) is 6.72. The standard InChI is InChI=1S/C15H19NO4/c1-10-5-3-6-12(11(10)2)16-14(17)9-20-15(18)13-7-4-8-19-13/h3,5-6,13H,4,7-9H2,1-2H3,(H,16,17)/t13-/m1/s1. The summed E-state index contributed by atoms with van der Waals surface area (Å²) in [4.78, 5) is 23.4. The maximum Gasteiger partial charge on any atom is 0.335 e. The van der Waals surface area contributed by atoms with E-state index in [2.05, 4.69) is 5.32 Å². The number of aryl methyl sites for hydroxylation is 1.